The molecule has 15 heavy (non-hydrogen) atoms. The van der Waals surface area contributed by atoms with Gasteiger partial charge in [0.15, 0.2) is 0 Å². The Morgan fingerprint density at radius 2 is 1.93 bits per heavy atom. The number of hydrogen-bond acceptors (Lipinski definition) is 3. The number of aromatic hydroxyl groups is 1. The molecule has 80 valence electrons. The number of fused-ring (bicyclic) bond motifs is 1. The number of ether oxygens (including phenoxy) is 1. The van der Waals surface area contributed by atoms with Gasteiger partial charge in [-0.1, -0.05) is 0 Å². The van der Waals surface area contributed by atoms with Gasteiger partial charge in [-0.2, -0.15) is 0 Å². The summed E-state index contributed by atoms with van der Waals surface area (Å²) >= 11 is 0. The van der Waals surface area contributed by atoms with Gasteiger partial charge in [-0.05, 0) is 30.7 Å². The molecule has 1 saturated carbocycles. The summed E-state index contributed by atoms with van der Waals surface area (Å²) in [7, 11) is 0. The maximum absolute atomic E-state index is 10.2. The van der Waals surface area contributed by atoms with E-state index in [1.165, 1.54) is 30.7 Å². The van der Waals surface area contributed by atoms with Crippen LogP contribution in [0, 0.1) is 5.92 Å². The van der Waals surface area contributed by atoms with Crippen LogP contribution in [-0.4, -0.2) is 28.9 Å². The Bertz CT molecular complexity index is 345. The molecule has 0 spiro atoms. The van der Waals surface area contributed by atoms with E-state index in [0.717, 1.165) is 18.6 Å². The number of aromatic carboxylic acids is 1. The average molecular weight is 208 g/mol. The first-order valence-electron chi connectivity index (χ1n) is 4.81. The monoisotopic (exact) mass is 208 g/mol. The minimum Gasteiger partial charge on any atom is -0.508 e. The van der Waals surface area contributed by atoms with E-state index in [4.69, 9.17) is 14.9 Å². The fourth-order valence-electron chi connectivity index (χ4n) is 1.33. The molecule has 1 aliphatic heterocycles. The van der Waals surface area contributed by atoms with Crippen molar-refractivity contribution in [2.45, 2.75) is 12.5 Å². The number of phenolic OH excluding ortho intramolecular Hbond substituents is 1. The summed E-state index contributed by atoms with van der Waals surface area (Å²) in [4.78, 5) is 10.2. The van der Waals surface area contributed by atoms with Crippen molar-refractivity contribution >= 4 is 5.97 Å². The zero-order valence-electron chi connectivity index (χ0n) is 8.09. The van der Waals surface area contributed by atoms with Crippen molar-refractivity contribution in [3.05, 3.63) is 29.8 Å². The quantitative estimate of drug-likeness (QED) is 0.733. The van der Waals surface area contributed by atoms with Gasteiger partial charge in [-0.25, -0.2) is 4.79 Å². The molecule has 2 aliphatic rings. The second-order valence-corrected chi connectivity index (χ2v) is 3.72. The highest BCUT2D eigenvalue weighted by Crippen LogP contribution is 2.42. The van der Waals surface area contributed by atoms with Crippen molar-refractivity contribution in [2.24, 2.45) is 5.92 Å². The molecule has 4 nitrogen and oxygen atoms in total. The van der Waals surface area contributed by atoms with Gasteiger partial charge in [0.05, 0.1) is 18.3 Å². The lowest BCUT2D eigenvalue weighted by Gasteiger charge is -2.08. The third-order valence-electron chi connectivity index (χ3n) is 2.50. The van der Waals surface area contributed by atoms with Gasteiger partial charge in [0.1, 0.15) is 5.75 Å². The highest BCUT2D eigenvalue weighted by atomic mass is 16.5. The van der Waals surface area contributed by atoms with Crippen LogP contribution in [0.4, 0.5) is 0 Å². The average Bonchev–Trinajstić information content (AvgIpc) is 2.75. The summed E-state index contributed by atoms with van der Waals surface area (Å²) in [5.41, 5.74) is 0.179. The summed E-state index contributed by atoms with van der Waals surface area (Å²) in [5.74, 6) is 0.0972. The van der Waals surface area contributed by atoms with Crippen LogP contribution in [-0.2, 0) is 4.74 Å². The van der Waals surface area contributed by atoms with Gasteiger partial charge in [0, 0.05) is 5.92 Å². The van der Waals surface area contributed by atoms with Crippen molar-refractivity contribution in [2.75, 3.05) is 6.61 Å². The fraction of sp³-hybridized carbons (Fsp3) is 0.364. The van der Waals surface area contributed by atoms with E-state index in [0.29, 0.717) is 0 Å². The third-order valence-corrected chi connectivity index (χ3v) is 2.50. The molecule has 1 aromatic carbocycles. The minimum atomic E-state index is -0.986. The Morgan fingerprint density at radius 1 is 1.33 bits per heavy atom. The molecule has 0 radical (unpaired) electrons. The van der Waals surface area contributed by atoms with Gasteiger partial charge < -0.3 is 14.9 Å². The van der Waals surface area contributed by atoms with Crippen LogP contribution < -0.4 is 0 Å². The van der Waals surface area contributed by atoms with Crippen LogP contribution in [0.2, 0.25) is 0 Å². The molecule has 4 heteroatoms. The Labute approximate surface area is 87.1 Å². The lowest BCUT2D eigenvalue weighted by atomic mass is 10.2. The van der Waals surface area contributed by atoms with Gasteiger partial charge in [0.25, 0.3) is 0 Å². The molecule has 3 rings (SSSR count). The number of carboxylic acid groups (broad SMARTS) is 1. The molecule has 1 heterocycles. The van der Waals surface area contributed by atoms with Crippen molar-refractivity contribution in [1.29, 1.82) is 0 Å². The van der Waals surface area contributed by atoms with Crippen LogP contribution in [0.5, 0.6) is 5.75 Å². The predicted octanol–water partition coefficient (Wildman–Crippen LogP) is 1.50. The topological polar surface area (TPSA) is 66.8 Å². The van der Waals surface area contributed by atoms with Crippen LogP contribution in [0.25, 0.3) is 0 Å². The highest BCUT2D eigenvalue weighted by molar-refractivity contribution is 5.87. The van der Waals surface area contributed by atoms with Crippen molar-refractivity contribution in [3.8, 4) is 5.75 Å². The van der Waals surface area contributed by atoms with E-state index >= 15 is 0 Å². The maximum Gasteiger partial charge on any atom is 0.335 e. The number of carboxylic acids is 1. The second kappa shape index (κ2) is 3.90. The smallest absolute Gasteiger partial charge is 0.335 e. The predicted molar refractivity (Wildman–Crippen MR) is 52.9 cm³/mol. The van der Waals surface area contributed by atoms with E-state index in [-0.39, 0.29) is 11.3 Å². The van der Waals surface area contributed by atoms with Gasteiger partial charge >= 0.3 is 5.97 Å². The summed E-state index contributed by atoms with van der Waals surface area (Å²) in [5, 5.41) is 17.1. The zero-order valence-corrected chi connectivity index (χ0v) is 8.09. The first-order chi connectivity index (χ1) is 7.16. The Hall–Kier alpha value is -1.55. The zero-order chi connectivity index (χ0) is 10.8. The van der Waals surface area contributed by atoms with Gasteiger partial charge in [-0.15, -0.1) is 0 Å². The van der Waals surface area contributed by atoms with E-state index in [1.807, 2.05) is 0 Å². The van der Waals surface area contributed by atoms with E-state index in [1.54, 1.807) is 0 Å². The molecule has 2 atom stereocenters. The largest absolute Gasteiger partial charge is 0.508 e. The fourth-order valence-corrected chi connectivity index (χ4v) is 1.33. The van der Waals surface area contributed by atoms with Gasteiger partial charge in [-0.3, -0.25) is 0 Å². The number of benzene rings is 1. The maximum atomic E-state index is 10.2. The molecule has 0 amide bonds. The van der Waals surface area contributed by atoms with Crippen LogP contribution >= 0.6 is 0 Å². The number of hydrogen-bond donors (Lipinski definition) is 2. The van der Waals surface area contributed by atoms with E-state index < -0.39 is 5.97 Å². The van der Waals surface area contributed by atoms with E-state index in [9.17, 15) is 4.79 Å². The number of rotatable bonds is 1. The van der Waals surface area contributed by atoms with E-state index in [2.05, 4.69) is 0 Å². The molecular formula is C11H12O4. The number of phenols is 1. The Kier molecular flexibility index (Phi) is 2.60. The highest BCUT2D eigenvalue weighted by Gasteiger charge is 2.46. The second-order valence-electron chi connectivity index (χ2n) is 3.72. The van der Waals surface area contributed by atoms with Crippen LogP contribution in [0.15, 0.2) is 24.3 Å². The normalized spacial score (nSPS) is 25.3. The molecule has 0 aromatic heterocycles. The molecule has 1 aliphatic carbocycles. The van der Waals surface area contributed by atoms with Crippen molar-refractivity contribution < 1.29 is 19.7 Å². The lowest BCUT2D eigenvalue weighted by Crippen LogP contribution is -2.12. The molecule has 2 fully saturated rings. The summed E-state index contributed by atoms with van der Waals surface area (Å²) in [6, 6.07) is 5.36. The Morgan fingerprint density at radius 3 is 2.20 bits per heavy atom. The first-order valence-corrected chi connectivity index (χ1v) is 4.81. The van der Waals surface area contributed by atoms with Crippen LogP contribution in [0.3, 0.4) is 0 Å². The SMILES string of the molecule is C1OC2CC12.O=C(O)c1ccc(O)cc1. The Balaban J connectivity index is 0.000000139. The van der Waals surface area contributed by atoms with Gasteiger partial charge in [0.2, 0.25) is 0 Å². The first kappa shape index (κ1) is 9.98. The standard InChI is InChI=1S/C7H6O3.C4H6O/c8-6-3-1-5(2-4-6)7(9)10;1-3-2-5-4(1)3/h1-4,8H,(H,9,10);3-4H,1-2H2. The summed E-state index contributed by atoms with van der Waals surface area (Å²) in [6.07, 6.45) is 2.09. The summed E-state index contributed by atoms with van der Waals surface area (Å²) < 4.78 is 5.00. The van der Waals surface area contributed by atoms with Crippen molar-refractivity contribution in [3.63, 3.8) is 0 Å². The third kappa shape index (κ3) is 2.47. The molecule has 2 N–H and O–H groups in total. The molecule has 1 saturated heterocycles. The molecule has 1 aromatic rings. The number of carbonyl (C=O) groups is 1. The lowest BCUT2D eigenvalue weighted by molar-refractivity contribution is 0.0231. The molecule has 2 unspecified atom stereocenters. The van der Waals surface area contributed by atoms with Crippen molar-refractivity contribution in [1.82, 2.24) is 0 Å². The minimum absolute atomic E-state index is 0.0741. The summed E-state index contributed by atoms with van der Waals surface area (Å²) in [6.45, 7) is 1.06. The molecular weight excluding hydrogens is 196 g/mol. The van der Waals surface area contributed by atoms with Crippen LogP contribution in [0.1, 0.15) is 16.8 Å². The molecule has 0 bridgehead atoms.